The molecular formula is C27H28ClN5. The van der Waals surface area contributed by atoms with Crippen LogP contribution in [0.15, 0.2) is 55.0 Å². The molecule has 0 bridgehead atoms. The van der Waals surface area contributed by atoms with Crippen molar-refractivity contribution in [3.63, 3.8) is 0 Å². The average Bonchev–Trinajstić information content (AvgIpc) is 3.41. The van der Waals surface area contributed by atoms with Crippen LogP contribution < -0.4 is 0 Å². The number of nitrogens with zero attached hydrogens (tertiary/aromatic N) is 5. The lowest BCUT2D eigenvalue weighted by Crippen LogP contribution is -2.42. The Hall–Kier alpha value is -2.89. The number of aromatic nitrogens is 4. The van der Waals surface area contributed by atoms with E-state index >= 15 is 0 Å². The number of imidazole rings is 2. The minimum atomic E-state index is 0.530. The standard InChI is InChI=1S/C27H28ClN5/c1-18-15-33(17-29-18)25-9-5-6-19-10-11-20(14-22(19)25)32-13-12-26-24(16-32)30-27(31(26)2)21-7-3-4-8-23(21)28/h3-9,15,17,20H,10-14,16H2,1-2H3. The summed E-state index contributed by atoms with van der Waals surface area (Å²) >= 11 is 6.49. The molecule has 1 atom stereocenters. The number of hydrogen-bond donors (Lipinski definition) is 0. The van der Waals surface area contributed by atoms with Gasteiger partial charge < -0.3 is 9.13 Å². The van der Waals surface area contributed by atoms with Gasteiger partial charge in [-0.2, -0.15) is 0 Å². The molecule has 1 unspecified atom stereocenters. The molecule has 4 aromatic rings. The van der Waals surface area contributed by atoms with E-state index in [0.717, 1.165) is 54.5 Å². The Labute approximate surface area is 199 Å². The highest BCUT2D eigenvalue weighted by atomic mass is 35.5. The maximum Gasteiger partial charge on any atom is 0.141 e. The second-order valence-corrected chi connectivity index (χ2v) is 9.73. The van der Waals surface area contributed by atoms with E-state index in [1.807, 2.05) is 31.5 Å². The molecule has 0 saturated heterocycles. The number of halogens is 1. The number of fused-ring (bicyclic) bond motifs is 2. The molecule has 0 N–H and O–H groups in total. The van der Waals surface area contributed by atoms with E-state index < -0.39 is 0 Å². The first-order valence-corrected chi connectivity index (χ1v) is 12.1. The molecule has 1 aliphatic carbocycles. The molecule has 1 aliphatic heterocycles. The zero-order valence-electron chi connectivity index (χ0n) is 19.1. The Bertz CT molecular complexity index is 1330. The fraction of sp³-hybridized carbons (Fsp3) is 0.333. The first kappa shape index (κ1) is 20.7. The molecule has 5 nitrogen and oxygen atoms in total. The normalized spacial score (nSPS) is 18.2. The molecule has 168 valence electrons. The summed E-state index contributed by atoms with van der Waals surface area (Å²) in [4.78, 5) is 12.2. The van der Waals surface area contributed by atoms with E-state index in [0.29, 0.717) is 6.04 Å². The van der Waals surface area contributed by atoms with Gasteiger partial charge in [-0.3, -0.25) is 4.90 Å². The van der Waals surface area contributed by atoms with E-state index in [4.69, 9.17) is 16.6 Å². The summed E-state index contributed by atoms with van der Waals surface area (Å²) in [6.07, 6.45) is 8.47. The monoisotopic (exact) mass is 457 g/mol. The summed E-state index contributed by atoms with van der Waals surface area (Å²) in [7, 11) is 2.12. The van der Waals surface area contributed by atoms with Gasteiger partial charge in [-0.05, 0) is 55.5 Å². The van der Waals surface area contributed by atoms with Crippen LogP contribution in [0.4, 0.5) is 0 Å². The van der Waals surface area contributed by atoms with E-state index in [1.165, 1.54) is 34.6 Å². The lowest BCUT2D eigenvalue weighted by Gasteiger charge is -2.37. The Morgan fingerprint density at radius 3 is 2.76 bits per heavy atom. The molecule has 2 aromatic carbocycles. The van der Waals surface area contributed by atoms with Gasteiger partial charge in [0.25, 0.3) is 0 Å². The lowest BCUT2D eigenvalue weighted by molar-refractivity contribution is 0.160. The highest BCUT2D eigenvalue weighted by molar-refractivity contribution is 6.33. The summed E-state index contributed by atoms with van der Waals surface area (Å²) < 4.78 is 4.42. The third-order valence-electron chi connectivity index (χ3n) is 7.34. The van der Waals surface area contributed by atoms with Crippen molar-refractivity contribution in [1.82, 2.24) is 24.0 Å². The van der Waals surface area contributed by atoms with Gasteiger partial charge in [0.2, 0.25) is 0 Å². The van der Waals surface area contributed by atoms with Crippen LogP contribution in [0.3, 0.4) is 0 Å². The number of benzene rings is 2. The highest BCUT2D eigenvalue weighted by Gasteiger charge is 2.31. The van der Waals surface area contributed by atoms with E-state index in [-0.39, 0.29) is 0 Å². The Morgan fingerprint density at radius 2 is 1.94 bits per heavy atom. The van der Waals surface area contributed by atoms with Gasteiger partial charge in [0.15, 0.2) is 0 Å². The smallest absolute Gasteiger partial charge is 0.141 e. The van der Waals surface area contributed by atoms with E-state index in [2.05, 4.69) is 56.5 Å². The van der Waals surface area contributed by atoms with Crippen molar-refractivity contribution < 1.29 is 0 Å². The average molecular weight is 458 g/mol. The second kappa shape index (κ2) is 8.15. The number of hydrogen-bond acceptors (Lipinski definition) is 3. The lowest BCUT2D eigenvalue weighted by atomic mass is 9.85. The minimum Gasteiger partial charge on any atom is -0.331 e. The molecule has 0 radical (unpaired) electrons. The molecule has 0 saturated carbocycles. The van der Waals surface area contributed by atoms with Gasteiger partial charge in [0.05, 0.1) is 22.7 Å². The Kier molecular flexibility index (Phi) is 5.11. The first-order valence-electron chi connectivity index (χ1n) is 11.7. The van der Waals surface area contributed by atoms with E-state index in [1.54, 1.807) is 0 Å². The van der Waals surface area contributed by atoms with Crippen LogP contribution in [-0.4, -0.2) is 36.6 Å². The maximum atomic E-state index is 6.49. The number of rotatable bonds is 3. The second-order valence-electron chi connectivity index (χ2n) is 9.32. The van der Waals surface area contributed by atoms with Crippen molar-refractivity contribution in [1.29, 1.82) is 0 Å². The molecule has 6 rings (SSSR count). The number of aryl methyl sites for hydroxylation is 2. The molecule has 2 aliphatic rings. The van der Waals surface area contributed by atoms with Crippen molar-refractivity contribution in [2.45, 2.75) is 45.2 Å². The summed E-state index contributed by atoms with van der Waals surface area (Å²) in [6.45, 7) is 4.02. The molecular weight excluding hydrogens is 430 g/mol. The summed E-state index contributed by atoms with van der Waals surface area (Å²) in [5, 5.41) is 0.756. The maximum absolute atomic E-state index is 6.49. The molecule has 6 heteroatoms. The van der Waals surface area contributed by atoms with Crippen molar-refractivity contribution in [2.75, 3.05) is 6.54 Å². The molecule has 3 heterocycles. The van der Waals surface area contributed by atoms with Crippen LogP contribution >= 0.6 is 11.6 Å². The van der Waals surface area contributed by atoms with Crippen molar-refractivity contribution in [3.05, 3.63) is 88.2 Å². The predicted octanol–water partition coefficient (Wildman–Crippen LogP) is 5.15. The highest BCUT2D eigenvalue weighted by Crippen LogP contribution is 2.34. The van der Waals surface area contributed by atoms with Crippen LogP contribution in [0.2, 0.25) is 5.02 Å². The van der Waals surface area contributed by atoms with Crippen molar-refractivity contribution >= 4 is 11.6 Å². The van der Waals surface area contributed by atoms with Gasteiger partial charge in [0.1, 0.15) is 5.82 Å². The predicted molar refractivity (Wildman–Crippen MR) is 132 cm³/mol. The summed E-state index contributed by atoms with van der Waals surface area (Å²) in [6, 6.07) is 15.2. The fourth-order valence-electron chi connectivity index (χ4n) is 5.60. The first-order chi connectivity index (χ1) is 16.1. The van der Waals surface area contributed by atoms with Gasteiger partial charge in [-0.25, -0.2) is 9.97 Å². The van der Waals surface area contributed by atoms with Crippen LogP contribution in [0, 0.1) is 6.92 Å². The largest absolute Gasteiger partial charge is 0.331 e. The van der Waals surface area contributed by atoms with Gasteiger partial charge in [0, 0.05) is 55.7 Å². The quantitative estimate of drug-likeness (QED) is 0.427. The van der Waals surface area contributed by atoms with Crippen LogP contribution in [0.5, 0.6) is 0 Å². The van der Waals surface area contributed by atoms with Crippen LogP contribution in [-0.2, 0) is 32.9 Å². The molecule has 0 amide bonds. The van der Waals surface area contributed by atoms with Gasteiger partial charge in [-0.1, -0.05) is 35.9 Å². The molecule has 33 heavy (non-hydrogen) atoms. The fourth-order valence-corrected chi connectivity index (χ4v) is 5.82. The summed E-state index contributed by atoms with van der Waals surface area (Å²) in [5.41, 5.74) is 8.81. The van der Waals surface area contributed by atoms with Gasteiger partial charge in [-0.15, -0.1) is 0 Å². The van der Waals surface area contributed by atoms with Crippen molar-refractivity contribution in [2.24, 2.45) is 7.05 Å². The zero-order valence-corrected chi connectivity index (χ0v) is 19.9. The third-order valence-corrected chi connectivity index (χ3v) is 7.67. The van der Waals surface area contributed by atoms with Crippen LogP contribution in [0.25, 0.3) is 17.1 Å². The van der Waals surface area contributed by atoms with Crippen LogP contribution in [0.1, 0.15) is 34.6 Å². The topological polar surface area (TPSA) is 38.9 Å². The summed E-state index contributed by atoms with van der Waals surface area (Å²) in [5.74, 6) is 0.971. The Morgan fingerprint density at radius 1 is 1.06 bits per heavy atom. The molecule has 0 spiro atoms. The minimum absolute atomic E-state index is 0.530. The van der Waals surface area contributed by atoms with Gasteiger partial charge >= 0.3 is 0 Å². The SMILES string of the molecule is Cc1cn(-c2cccc3c2CC(N2CCc4c(nc(-c5ccccc5Cl)n4C)C2)CC3)cn1. The third kappa shape index (κ3) is 3.60. The zero-order chi connectivity index (χ0) is 22.5. The Balaban J connectivity index is 1.28. The van der Waals surface area contributed by atoms with E-state index in [9.17, 15) is 0 Å². The molecule has 0 fully saturated rings. The van der Waals surface area contributed by atoms with Crippen molar-refractivity contribution in [3.8, 4) is 17.1 Å². The molecule has 2 aromatic heterocycles.